The lowest BCUT2D eigenvalue weighted by Crippen LogP contribution is -2.40. The highest BCUT2D eigenvalue weighted by Gasteiger charge is 2.25. The summed E-state index contributed by atoms with van der Waals surface area (Å²) in [6.45, 7) is 5.31. The van der Waals surface area contributed by atoms with Crippen LogP contribution in [-0.2, 0) is 14.3 Å². The SMILES string of the molecule is CCOC(=O)CC(c1ccc(OC)cc1)N1CCOCC1. The van der Waals surface area contributed by atoms with Crippen molar-refractivity contribution in [3.8, 4) is 5.75 Å². The second-order valence-electron chi connectivity index (χ2n) is 4.95. The quantitative estimate of drug-likeness (QED) is 0.751. The molecule has 5 nitrogen and oxygen atoms in total. The zero-order valence-electron chi connectivity index (χ0n) is 12.7. The Bertz CT molecular complexity index is 440. The largest absolute Gasteiger partial charge is 0.497 e. The Kier molecular flexibility index (Phi) is 6.02. The molecule has 0 amide bonds. The van der Waals surface area contributed by atoms with Crippen molar-refractivity contribution in [2.75, 3.05) is 40.0 Å². The summed E-state index contributed by atoms with van der Waals surface area (Å²) in [4.78, 5) is 14.2. The predicted molar refractivity (Wildman–Crippen MR) is 79.4 cm³/mol. The Morgan fingerprint density at radius 3 is 2.52 bits per heavy atom. The molecule has 1 aliphatic heterocycles. The molecule has 0 aliphatic carbocycles. The fraction of sp³-hybridized carbons (Fsp3) is 0.562. The van der Waals surface area contributed by atoms with E-state index in [1.54, 1.807) is 7.11 Å². The molecule has 1 saturated heterocycles. The smallest absolute Gasteiger partial charge is 0.307 e. The van der Waals surface area contributed by atoms with E-state index in [4.69, 9.17) is 14.2 Å². The van der Waals surface area contributed by atoms with Crippen molar-refractivity contribution in [1.82, 2.24) is 4.90 Å². The average molecular weight is 293 g/mol. The number of hydrogen-bond acceptors (Lipinski definition) is 5. The highest BCUT2D eigenvalue weighted by molar-refractivity contribution is 5.70. The number of morpholine rings is 1. The molecular weight excluding hydrogens is 270 g/mol. The molecule has 0 saturated carbocycles. The van der Waals surface area contributed by atoms with Crippen LogP contribution in [0.25, 0.3) is 0 Å². The lowest BCUT2D eigenvalue weighted by atomic mass is 10.0. The molecule has 1 aliphatic rings. The van der Waals surface area contributed by atoms with Crippen LogP contribution in [0.5, 0.6) is 5.75 Å². The van der Waals surface area contributed by atoms with Gasteiger partial charge in [-0.15, -0.1) is 0 Å². The number of carbonyl (C=O) groups is 1. The van der Waals surface area contributed by atoms with E-state index >= 15 is 0 Å². The molecule has 0 bridgehead atoms. The molecule has 116 valence electrons. The van der Waals surface area contributed by atoms with E-state index in [0.717, 1.165) is 24.4 Å². The molecule has 0 N–H and O–H groups in total. The van der Waals surface area contributed by atoms with Gasteiger partial charge in [0.2, 0.25) is 0 Å². The van der Waals surface area contributed by atoms with E-state index in [2.05, 4.69) is 4.90 Å². The van der Waals surface area contributed by atoms with Gasteiger partial charge >= 0.3 is 5.97 Å². The first-order valence-electron chi connectivity index (χ1n) is 7.36. The summed E-state index contributed by atoms with van der Waals surface area (Å²) in [6.07, 6.45) is 0.361. The van der Waals surface area contributed by atoms with Crippen LogP contribution < -0.4 is 4.74 Å². The number of esters is 1. The lowest BCUT2D eigenvalue weighted by molar-refractivity contribution is -0.145. The maximum atomic E-state index is 11.9. The second-order valence-corrected chi connectivity index (χ2v) is 4.95. The summed E-state index contributed by atoms with van der Waals surface area (Å²) in [6, 6.07) is 7.90. The summed E-state index contributed by atoms with van der Waals surface area (Å²) in [5.74, 6) is 0.653. The van der Waals surface area contributed by atoms with Crippen LogP contribution in [0.4, 0.5) is 0 Å². The summed E-state index contributed by atoms with van der Waals surface area (Å²) < 4.78 is 15.7. The predicted octanol–water partition coefficient (Wildman–Crippen LogP) is 2.02. The van der Waals surface area contributed by atoms with Crippen LogP contribution in [0.2, 0.25) is 0 Å². The number of hydrogen-bond donors (Lipinski definition) is 0. The van der Waals surface area contributed by atoms with Gasteiger partial charge in [-0.05, 0) is 24.6 Å². The third-order valence-corrected chi connectivity index (χ3v) is 3.65. The average Bonchev–Trinajstić information content (AvgIpc) is 2.54. The second kappa shape index (κ2) is 8.00. The summed E-state index contributed by atoms with van der Waals surface area (Å²) in [5, 5.41) is 0. The fourth-order valence-corrected chi connectivity index (χ4v) is 2.55. The molecule has 0 radical (unpaired) electrons. The molecule has 1 fully saturated rings. The Balaban J connectivity index is 2.14. The van der Waals surface area contributed by atoms with Crippen molar-refractivity contribution < 1.29 is 19.0 Å². The van der Waals surface area contributed by atoms with Gasteiger partial charge in [-0.1, -0.05) is 12.1 Å². The van der Waals surface area contributed by atoms with Gasteiger partial charge in [0.05, 0.1) is 33.4 Å². The van der Waals surface area contributed by atoms with Crippen LogP contribution in [0.15, 0.2) is 24.3 Å². The van der Waals surface area contributed by atoms with Crippen LogP contribution >= 0.6 is 0 Å². The number of carbonyl (C=O) groups excluding carboxylic acids is 1. The standard InChI is InChI=1S/C16H23NO4/c1-3-21-16(18)12-15(17-8-10-20-11-9-17)13-4-6-14(19-2)7-5-13/h4-7,15H,3,8-12H2,1-2H3. The van der Waals surface area contributed by atoms with Gasteiger partial charge in [0.1, 0.15) is 5.75 Å². The van der Waals surface area contributed by atoms with E-state index in [1.165, 1.54) is 0 Å². The topological polar surface area (TPSA) is 48.0 Å². The number of ether oxygens (including phenoxy) is 3. The Morgan fingerprint density at radius 1 is 1.29 bits per heavy atom. The highest BCUT2D eigenvalue weighted by atomic mass is 16.5. The molecule has 0 aromatic heterocycles. The van der Waals surface area contributed by atoms with Gasteiger partial charge in [0.15, 0.2) is 0 Å². The molecule has 0 spiro atoms. The van der Waals surface area contributed by atoms with Crippen molar-refractivity contribution in [3.05, 3.63) is 29.8 Å². The number of methoxy groups -OCH3 is 1. The molecule has 1 aromatic carbocycles. The Labute approximate surface area is 125 Å². The number of nitrogens with zero attached hydrogens (tertiary/aromatic N) is 1. The van der Waals surface area contributed by atoms with Crippen molar-refractivity contribution in [2.24, 2.45) is 0 Å². The number of benzene rings is 1. The first-order chi connectivity index (χ1) is 10.2. The molecule has 5 heteroatoms. The normalized spacial score (nSPS) is 17.2. The highest BCUT2D eigenvalue weighted by Crippen LogP contribution is 2.27. The molecular formula is C16H23NO4. The first-order valence-corrected chi connectivity index (χ1v) is 7.36. The van der Waals surface area contributed by atoms with Crippen molar-refractivity contribution in [3.63, 3.8) is 0 Å². The summed E-state index contributed by atoms with van der Waals surface area (Å²) in [5.41, 5.74) is 1.10. The fourth-order valence-electron chi connectivity index (χ4n) is 2.55. The minimum Gasteiger partial charge on any atom is -0.497 e. The summed E-state index contributed by atoms with van der Waals surface area (Å²) in [7, 11) is 1.65. The van der Waals surface area contributed by atoms with E-state index in [0.29, 0.717) is 26.2 Å². The monoisotopic (exact) mass is 293 g/mol. The molecule has 1 atom stereocenters. The minimum atomic E-state index is -0.162. The van der Waals surface area contributed by atoms with E-state index in [9.17, 15) is 4.79 Å². The van der Waals surface area contributed by atoms with Crippen LogP contribution in [-0.4, -0.2) is 50.9 Å². The Morgan fingerprint density at radius 2 is 1.95 bits per heavy atom. The zero-order chi connectivity index (χ0) is 15.1. The minimum absolute atomic E-state index is 0.0267. The molecule has 1 heterocycles. The van der Waals surface area contributed by atoms with E-state index in [1.807, 2.05) is 31.2 Å². The Hall–Kier alpha value is -1.59. The summed E-state index contributed by atoms with van der Waals surface area (Å²) >= 11 is 0. The van der Waals surface area contributed by atoms with Gasteiger partial charge in [0.25, 0.3) is 0 Å². The molecule has 1 aromatic rings. The van der Waals surface area contributed by atoms with Crippen LogP contribution in [0, 0.1) is 0 Å². The van der Waals surface area contributed by atoms with E-state index < -0.39 is 0 Å². The number of rotatable bonds is 6. The lowest BCUT2D eigenvalue weighted by Gasteiger charge is -2.34. The van der Waals surface area contributed by atoms with Gasteiger partial charge in [-0.3, -0.25) is 9.69 Å². The van der Waals surface area contributed by atoms with Crippen molar-refractivity contribution in [2.45, 2.75) is 19.4 Å². The van der Waals surface area contributed by atoms with Crippen LogP contribution in [0.1, 0.15) is 24.9 Å². The van der Waals surface area contributed by atoms with Gasteiger partial charge in [0, 0.05) is 19.1 Å². The van der Waals surface area contributed by atoms with Crippen LogP contribution in [0.3, 0.4) is 0 Å². The third kappa shape index (κ3) is 4.44. The molecule has 1 unspecified atom stereocenters. The van der Waals surface area contributed by atoms with E-state index in [-0.39, 0.29) is 12.0 Å². The molecule has 21 heavy (non-hydrogen) atoms. The van der Waals surface area contributed by atoms with Crippen molar-refractivity contribution in [1.29, 1.82) is 0 Å². The van der Waals surface area contributed by atoms with Crippen molar-refractivity contribution >= 4 is 5.97 Å². The zero-order valence-corrected chi connectivity index (χ0v) is 12.7. The molecule has 2 rings (SSSR count). The van der Waals surface area contributed by atoms with Gasteiger partial charge < -0.3 is 14.2 Å². The maximum absolute atomic E-state index is 11.9. The third-order valence-electron chi connectivity index (χ3n) is 3.65. The first kappa shape index (κ1) is 15.8. The van der Waals surface area contributed by atoms with Gasteiger partial charge in [-0.25, -0.2) is 0 Å². The van der Waals surface area contributed by atoms with Gasteiger partial charge in [-0.2, -0.15) is 0 Å². The maximum Gasteiger partial charge on any atom is 0.307 e.